The lowest BCUT2D eigenvalue weighted by atomic mass is 10.0. The number of para-hydroxylation sites is 1. The van der Waals surface area contributed by atoms with Crippen molar-refractivity contribution in [2.75, 3.05) is 24.3 Å². The van der Waals surface area contributed by atoms with E-state index >= 15 is 0 Å². The molecule has 154 valence electrons. The zero-order valence-electron chi connectivity index (χ0n) is 16.2. The van der Waals surface area contributed by atoms with Crippen molar-refractivity contribution in [3.63, 3.8) is 0 Å². The van der Waals surface area contributed by atoms with E-state index in [4.69, 9.17) is 9.47 Å². The highest BCUT2D eigenvalue weighted by Crippen LogP contribution is 2.33. The summed E-state index contributed by atoms with van der Waals surface area (Å²) >= 11 is 0. The molecule has 0 spiro atoms. The predicted molar refractivity (Wildman–Crippen MR) is 115 cm³/mol. The van der Waals surface area contributed by atoms with Crippen LogP contribution < -0.4 is 14.8 Å². The van der Waals surface area contributed by atoms with Crippen LogP contribution in [0, 0.1) is 0 Å². The number of rotatable bonds is 6. The molecule has 30 heavy (non-hydrogen) atoms. The fourth-order valence-corrected chi connectivity index (χ4v) is 4.49. The van der Waals surface area contributed by atoms with Crippen LogP contribution in [0.3, 0.4) is 0 Å². The number of benzene rings is 3. The van der Waals surface area contributed by atoms with Gasteiger partial charge >= 0.3 is 0 Å². The highest BCUT2D eigenvalue weighted by Gasteiger charge is 2.21. The Balaban J connectivity index is 1.44. The highest BCUT2D eigenvalue weighted by atomic mass is 32.2. The van der Waals surface area contributed by atoms with E-state index in [1.165, 1.54) is 12.1 Å². The Morgan fingerprint density at radius 2 is 1.57 bits per heavy atom. The van der Waals surface area contributed by atoms with E-state index in [9.17, 15) is 13.2 Å². The predicted octanol–water partition coefficient (Wildman–Crippen LogP) is 3.93. The first kappa shape index (κ1) is 20.0. The van der Waals surface area contributed by atoms with Crippen LogP contribution >= 0.6 is 0 Å². The third kappa shape index (κ3) is 4.46. The fraction of sp³-hybridized carbons (Fsp3) is 0.174. The molecule has 1 amide bonds. The Kier molecular flexibility index (Phi) is 5.72. The number of amides is 1. The van der Waals surface area contributed by atoms with Crippen molar-refractivity contribution in [3.8, 4) is 22.6 Å². The quantitative estimate of drug-likeness (QED) is 0.650. The minimum atomic E-state index is -3.64. The molecule has 1 aliphatic heterocycles. The first-order valence-corrected chi connectivity index (χ1v) is 11.2. The maximum atomic E-state index is 12.7. The van der Waals surface area contributed by atoms with Crippen molar-refractivity contribution in [1.82, 2.24) is 0 Å². The molecule has 6 nitrogen and oxygen atoms in total. The Labute approximate surface area is 175 Å². The smallest absolute Gasteiger partial charge is 0.225 e. The molecule has 0 saturated carbocycles. The van der Waals surface area contributed by atoms with Gasteiger partial charge in [-0.1, -0.05) is 48.5 Å². The monoisotopic (exact) mass is 423 g/mol. The van der Waals surface area contributed by atoms with Crippen molar-refractivity contribution in [1.29, 1.82) is 0 Å². The van der Waals surface area contributed by atoms with E-state index in [2.05, 4.69) is 5.32 Å². The first-order chi connectivity index (χ1) is 14.5. The number of ether oxygens (including phenoxy) is 2. The van der Waals surface area contributed by atoms with Gasteiger partial charge in [-0.25, -0.2) is 8.42 Å². The third-order valence-corrected chi connectivity index (χ3v) is 6.47. The zero-order valence-corrected chi connectivity index (χ0v) is 17.0. The largest absolute Gasteiger partial charge is 0.486 e. The molecular formula is C23H21NO5S. The molecule has 0 aromatic heterocycles. The Bertz CT molecular complexity index is 1160. The van der Waals surface area contributed by atoms with Crippen molar-refractivity contribution in [3.05, 3.63) is 72.8 Å². The van der Waals surface area contributed by atoms with Gasteiger partial charge in [0, 0.05) is 23.7 Å². The van der Waals surface area contributed by atoms with Gasteiger partial charge < -0.3 is 14.8 Å². The molecule has 0 aliphatic carbocycles. The van der Waals surface area contributed by atoms with Crippen molar-refractivity contribution >= 4 is 21.4 Å². The number of hydrogen-bond acceptors (Lipinski definition) is 5. The lowest BCUT2D eigenvalue weighted by molar-refractivity contribution is -0.115. The third-order valence-electron chi connectivity index (χ3n) is 4.76. The zero-order chi connectivity index (χ0) is 21.0. The molecule has 0 unspecified atom stereocenters. The van der Waals surface area contributed by atoms with Gasteiger partial charge in [0.1, 0.15) is 13.2 Å². The van der Waals surface area contributed by atoms with Crippen LogP contribution in [0.2, 0.25) is 0 Å². The summed E-state index contributed by atoms with van der Waals surface area (Å²) in [6.07, 6.45) is -0.153. The maximum Gasteiger partial charge on any atom is 0.225 e. The average molecular weight is 423 g/mol. The summed E-state index contributed by atoms with van der Waals surface area (Å²) in [5.74, 6) is 0.268. The minimum absolute atomic E-state index is 0.115. The van der Waals surface area contributed by atoms with E-state index < -0.39 is 9.84 Å². The summed E-state index contributed by atoms with van der Waals surface area (Å²) in [5, 5.41) is 2.83. The number of sulfone groups is 1. The van der Waals surface area contributed by atoms with Crippen LogP contribution in [0.1, 0.15) is 6.42 Å². The molecule has 0 bridgehead atoms. The van der Waals surface area contributed by atoms with Gasteiger partial charge in [-0.05, 0) is 23.8 Å². The Hall–Kier alpha value is -3.32. The second-order valence-electron chi connectivity index (χ2n) is 6.83. The Morgan fingerprint density at radius 1 is 0.867 bits per heavy atom. The van der Waals surface area contributed by atoms with Crippen LogP contribution in [0.5, 0.6) is 11.5 Å². The molecule has 1 aliphatic rings. The van der Waals surface area contributed by atoms with Crippen LogP contribution in [0.15, 0.2) is 77.7 Å². The van der Waals surface area contributed by atoms with Gasteiger partial charge in [0.2, 0.25) is 5.91 Å². The van der Waals surface area contributed by atoms with Gasteiger partial charge in [0.15, 0.2) is 21.3 Å². The molecule has 1 N–H and O–H groups in total. The van der Waals surface area contributed by atoms with Crippen molar-refractivity contribution < 1.29 is 22.7 Å². The first-order valence-electron chi connectivity index (χ1n) is 9.60. The highest BCUT2D eigenvalue weighted by molar-refractivity contribution is 7.91. The number of nitrogens with one attached hydrogen (secondary N) is 1. The number of carbonyl (C=O) groups excluding carboxylic acids is 1. The van der Waals surface area contributed by atoms with Crippen LogP contribution in [-0.4, -0.2) is 33.3 Å². The number of carbonyl (C=O) groups is 1. The van der Waals surface area contributed by atoms with Crippen LogP contribution in [-0.2, 0) is 14.6 Å². The molecule has 0 fully saturated rings. The summed E-state index contributed by atoms with van der Waals surface area (Å²) in [5.41, 5.74) is 2.49. The second-order valence-corrected chi connectivity index (χ2v) is 8.94. The molecule has 4 rings (SSSR count). The summed E-state index contributed by atoms with van der Waals surface area (Å²) in [7, 11) is -3.64. The summed E-state index contributed by atoms with van der Waals surface area (Å²) in [6, 6.07) is 21.6. The molecule has 0 radical (unpaired) electrons. The number of anilines is 1. The normalized spacial score (nSPS) is 12.9. The molecule has 3 aromatic carbocycles. The fourth-order valence-electron chi connectivity index (χ4n) is 3.24. The molecular weight excluding hydrogens is 402 g/mol. The molecule has 7 heteroatoms. The van der Waals surface area contributed by atoms with E-state index in [0.717, 1.165) is 11.1 Å². The number of fused-ring (bicyclic) bond motifs is 1. The molecule has 3 aromatic rings. The van der Waals surface area contributed by atoms with Gasteiger partial charge in [0.25, 0.3) is 0 Å². The van der Waals surface area contributed by atoms with Crippen LogP contribution in [0.4, 0.5) is 5.69 Å². The van der Waals surface area contributed by atoms with Gasteiger partial charge in [-0.2, -0.15) is 0 Å². The average Bonchev–Trinajstić information content (AvgIpc) is 2.78. The molecule has 0 atom stereocenters. The molecule has 0 saturated heterocycles. The topological polar surface area (TPSA) is 81.7 Å². The van der Waals surface area contributed by atoms with E-state index in [1.807, 2.05) is 48.5 Å². The summed E-state index contributed by atoms with van der Waals surface area (Å²) in [4.78, 5) is 12.6. The van der Waals surface area contributed by atoms with E-state index in [1.54, 1.807) is 12.1 Å². The van der Waals surface area contributed by atoms with E-state index in [-0.39, 0.29) is 23.0 Å². The maximum absolute atomic E-state index is 12.7. The lowest BCUT2D eigenvalue weighted by Crippen LogP contribution is -2.19. The second kappa shape index (κ2) is 8.59. The summed E-state index contributed by atoms with van der Waals surface area (Å²) in [6.45, 7) is 0.809. The van der Waals surface area contributed by atoms with Crippen molar-refractivity contribution in [2.24, 2.45) is 0 Å². The lowest BCUT2D eigenvalue weighted by Gasteiger charge is -2.18. The molecule has 1 heterocycles. The minimum Gasteiger partial charge on any atom is -0.486 e. The van der Waals surface area contributed by atoms with Crippen LogP contribution in [0.25, 0.3) is 11.1 Å². The Morgan fingerprint density at radius 3 is 2.37 bits per heavy atom. The standard InChI is InChI=1S/C23H21NO5S/c25-23(24-20-9-5-4-8-19(20)17-6-2-1-3-7-17)12-15-30(26,27)18-10-11-21-22(16-18)29-14-13-28-21/h1-11,16H,12-15H2,(H,24,25). The van der Waals surface area contributed by atoms with E-state index in [0.29, 0.717) is 30.4 Å². The van der Waals surface area contributed by atoms with Gasteiger partial charge in [-0.3, -0.25) is 4.79 Å². The van der Waals surface area contributed by atoms with Crippen molar-refractivity contribution in [2.45, 2.75) is 11.3 Å². The number of hydrogen-bond donors (Lipinski definition) is 1. The van der Waals surface area contributed by atoms with Gasteiger partial charge in [0.05, 0.1) is 10.6 Å². The SMILES string of the molecule is O=C(CCS(=O)(=O)c1ccc2c(c1)OCCO2)Nc1ccccc1-c1ccccc1. The summed E-state index contributed by atoms with van der Waals surface area (Å²) < 4.78 is 36.2. The van der Waals surface area contributed by atoms with Gasteiger partial charge in [-0.15, -0.1) is 0 Å².